The zero-order chi connectivity index (χ0) is 9.31. The Morgan fingerprint density at radius 2 is 2.15 bits per heavy atom. The van der Waals surface area contributed by atoms with Crippen LogP contribution in [0.5, 0.6) is 0 Å². The highest BCUT2D eigenvalue weighted by Gasteiger charge is 2.40. The highest BCUT2D eigenvalue weighted by molar-refractivity contribution is 5.20. The van der Waals surface area contributed by atoms with Crippen molar-refractivity contribution >= 4 is 0 Å². The van der Waals surface area contributed by atoms with Crippen molar-refractivity contribution in [1.82, 2.24) is 0 Å². The molecule has 0 heterocycles. The van der Waals surface area contributed by atoms with Crippen molar-refractivity contribution < 1.29 is 4.39 Å². The fourth-order valence-electron chi connectivity index (χ4n) is 1.71. The summed E-state index contributed by atoms with van der Waals surface area (Å²) in [6, 6.07) is 6.82. The summed E-state index contributed by atoms with van der Waals surface area (Å²) in [6.07, 6.45) is 3.32. The maximum Gasteiger partial charge on any atom is 0.123 e. The maximum atomic E-state index is 12.8. The minimum Gasteiger partial charge on any atom is -0.330 e. The molecule has 70 valence electrons. The van der Waals surface area contributed by atoms with E-state index >= 15 is 0 Å². The average molecular weight is 179 g/mol. The van der Waals surface area contributed by atoms with Gasteiger partial charge in [-0.05, 0) is 48.9 Å². The van der Waals surface area contributed by atoms with Gasteiger partial charge in [0.05, 0.1) is 0 Å². The summed E-state index contributed by atoms with van der Waals surface area (Å²) < 4.78 is 12.8. The van der Waals surface area contributed by atoms with Gasteiger partial charge in [0.15, 0.2) is 0 Å². The lowest BCUT2D eigenvalue weighted by molar-refractivity contribution is 0.518. The van der Waals surface area contributed by atoms with Crippen LogP contribution in [0.4, 0.5) is 4.39 Å². The van der Waals surface area contributed by atoms with E-state index in [1.54, 1.807) is 12.1 Å². The van der Waals surface area contributed by atoms with Crippen LogP contribution in [0.1, 0.15) is 18.4 Å². The van der Waals surface area contributed by atoms with E-state index in [0.717, 1.165) is 18.5 Å². The van der Waals surface area contributed by atoms with Crippen molar-refractivity contribution in [3.05, 3.63) is 35.6 Å². The Balaban J connectivity index is 2.09. The summed E-state index contributed by atoms with van der Waals surface area (Å²) >= 11 is 0. The van der Waals surface area contributed by atoms with E-state index < -0.39 is 0 Å². The van der Waals surface area contributed by atoms with Crippen LogP contribution in [0.15, 0.2) is 24.3 Å². The molecule has 0 spiro atoms. The molecular formula is C11H14FN. The van der Waals surface area contributed by atoms with E-state index in [2.05, 4.69) is 0 Å². The minimum absolute atomic E-state index is 0.148. The number of rotatable bonds is 3. The second-order valence-electron chi connectivity index (χ2n) is 4.01. The van der Waals surface area contributed by atoms with Gasteiger partial charge in [-0.25, -0.2) is 4.39 Å². The Kier molecular flexibility index (Phi) is 2.08. The number of halogens is 1. The van der Waals surface area contributed by atoms with Gasteiger partial charge in [-0.1, -0.05) is 12.1 Å². The third-order valence-corrected chi connectivity index (χ3v) is 2.86. The van der Waals surface area contributed by atoms with Crippen molar-refractivity contribution in [2.75, 3.05) is 6.54 Å². The second kappa shape index (κ2) is 3.11. The van der Waals surface area contributed by atoms with Crippen molar-refractivity contribution in [2.24, 2.45) is 11.1 Å². The topological polar surface area (TPSA) is 26.0 Å². The second-order valence-corrected chi connectivity index (χ2v) is 4.01. The number of hydrogen-bond donors (Lipinski definition) is 1. The van der Waals surface area contributed by atoms with Crippen LogP contribution in [-0.4, -0.2) is 6.54 Å². The van der Waals surface area contributed by atoms with Gasteiger partial charge in [0.1, 0.15) is 5.82 Å². The van der Waals surface area contributed by atoms with Gasteiger partial charge in [-0.2, -0.15) is 0 Å². The zero-order valence-corrected chi connectivity index (χ0v) is 7.59. The molecule has 2 heteroatoms. The summed E-state index contributed by atoms with van der Waals surface area (Å²) in [5.41, 5.74) is 7.03. The summed E-state index contributed by atoms with van der Waals surface area (Å²) in [6.45, 7) is 0.726. The molecular weight excluding hydrogens is 165 g/mol. The van der Waals surface area contributed by atoms with Crippen LogP contribution in [0.25, 0.3) is 0 Å². The first kappa shape index (κ1) is 8.70. The third-order valence-electron chi connectivity index (χ3n) is 2.86. The first-order valence-corrected chi connectivity index (χ1v) is 4.69. The van der Waals surface area contributed by atoms with E-state index in [-0.39, 0.29) is 5.82 Å². The Morgan fingerprint density at radius 3 is 2.69 bits per heavy atom. The summed E-state index contributed by atoms with van der Waals surface area (Å²) in [7, 11) is 0. The van der Waals surface area contributed by atoms with E-state index in [1.807, 2.05) is 6.07 Å². The highest BCUT2D eigenvalue weighted by atomic mass is 19.1. The van der Waals surface area contributed by atoms with Gasteiger partial charge in [0, 0.05) is 0 Å². The molecule has 1 aromatic carbocycles. The molecule has 2 rings (SSSR count). The number of nitrogens with two attached hydrogens (primary N) is 1. The summed E-state index contributed by atoms with van der Waals surface area (Å²) in [5, 5.41) is 0. The van der Waals surface area contributed by atoms with E-state index in [4.69, 9.17) is 5.73 Å². The largest absolute Gasteiger partial charge is 0.330 e. The van der Waals surface area contributed by atoms with Crippen LogP contribution >= 0.6 is 0 Å². The predicted molar refractivity (Wildman–Crippen MR) is 50.8 cm³/mol. The Labute approximate surface area is 77.8 Å². The van der Waals surface area contributed by atoms with Crippen LogP contribution < -0.4 is 5.73 Å². The normalized spacial score (nSPS) is 18.6. The van der Waals surface area contributed by atoms with Crippen LogP contribution in [-0.2, 0) is 6.42 Å². The van der Waals surface area contributed by atoms with Gasteiger partial charge in [-0.15, -0.1) is 0 Å². The summed E-state index contributed by atoms with van der Waals surface area (Å²) in [5.74, 6) is -0.148. The molecule has 0 bridgehead atoms. The van der Waals surface area contributed by atoms with Crippen LogP contribution in [0.3, 0.4) is 0 Å². The fourth-order valence-corrected chi connectivity index (χ4v) is 1.71. The summed E-state index contributed by atoms with van der Waals surface area (Å²) in [4.78, 5) is 0. The van der Waals surface area contributed by atoms with E-state index in [1.165, 1.54) is 18.9 Å². The minimum atomic E-state index is -0.148. The van der Waals surface area contributed by atoms with Crippen LogP contribution in [0.2, 0.25) is 0 Å². The molecule has 1 fully saturated rings. The molecule has 2 N–H and O–H groups in total. The Bertz CT molecular complexity index is 305. The van der Waals surface area contributed by atoms with Crippen molar-refractivity contribution in [3.8, 4) is 0 Å². The third kappa shape index (κ3) is 1.89. The molecule has 1 saturated carbocycles. The van der Waals surface area contributed by atoms with Gasteiger partial charge < -0.3 is 5.73 Å². The number of hydrogen-bond acceptors (Lipinski definition) is 1. The molecule has 0 unspecified atom stereocenters. The van der Waals surface area contributed by atoms with E-state index in [9.17, 15) is 4.39 Å². The quantitative estimate of drug-likeness (QED) is 0.755. The van der Waals surface area contributed by atoms with Gasteiger partial charge >= 0.3 is 0 Å². The molecule has 1 nitrogen and oxygen atoms in total. The fraction of sp³-hybridized carbons (Fsp3) is 0.455. The molecule has 0 aliphatic heterocycles. The molecule has 0 amide bonds. The molecule has 0 radical (unpaired) electrons. The average Bonchev–Trinajstić information content (AvgIpc) is 2.86. The maximum absolute atomic E-state index is 12.8. The first-order chi connectivity index (χ1) is 6.24. The van der Waals surface area contributed by atoms with Crippen molar-refractivity contribution in [3.63, 3.8) is 0 Å². The van der Waals surface area contributed by atoms with Gasteiger partial charge in [0.25, 0.3) is 0 Å². The molecule has 1 aromatic rings. The standard InChI is InChI=1S/C11H14FN/c12-10-3-1-2-9(6-10)7-11(8-13)4-5-11/h1-3,6H,4-5,7-8,13H2. The van der Waals surface area contributed by atoms with Crippen LogP contribution in [0, 0.1) is 11.2 Å². The first-order valence-electron chi connectivity index (χ1n) is 4.69. The smallest absolute Gasteiger partial charge is 0.123 e. The molecule has 13 heavy (non-hydrogen) atoms. The SMILES string of the molecule is NCC1(Cc2cccc(F)c2)CC1. The lowest BCUT2D eigenvalue weighted by Crippen LogP contribution is -2.17. The molecule has 1 aliphatic carbocycles. The molecule has 0 saturated heterocycles. The predicted octanol–water partition coefficient (Wildman–Crippen LogP) is 2.11. The van der Waals surface area contributed by atoms with Crippen molar-refractivity contribution in [2.45, 2.75) is 19.3 Å². The molecule has 0 aromatic heterocycles. The molecule has 0 atom stereocenters. The monoisotopic (exact) mass is 179 g/mol. The lowest BCUT2D eigenvalue weighted by atomic mass is 9.97. The lowest BCUT2D eigenvalue weighted by Gasteiger charge is -2.11. The number of benzene rings is 1. The zero-order valence-electron chi connectivity index (χ0n) is 7.59. The Hall–Kier alpha value is -0.890. The van der Waals surface area contributed by atoms with Crippen molar-refractivity contribution in [1.29, 1.82) is 0 Å². The van der Waals surface area contributed by atoms with Gasteiger partial charge in [0.2, 0.25) is 0 Å². The highest BCUT2D eigenvalue weighted by Crippen LogP contribution is 2.47. The Morgan fingerprint density at radius 1 is 1.38 bits per heavy atom. The van der Waals surface area contributed by atoms with Gasteiger partial charge in [-0.3, -0.25) is 0 Å². The molecule has 1 aliphatic rings. The van der Waals surface area contributed by atoms with E-state index in [0.29, 0.717) is 5.41 Å².